The van der Waals surface area contributed by atoms with Gasteiger partial charge in [-0.1, -0.05) is 30.3 Å². The average molecular weight is 374 g/mol. The van der Waals surface area contributed by atoms with Crippen LogP contribution >= 0.6 is 0 Å². The molecule has 0 spiro atoms. The van der Waals surface area contributed by atoms with Gasteiger partial charge in [-0.3, -0.25) is 9.59 Å². The number of aromatic nitrogens is 1. The zero-order chi connectivity index (χ0) is 19.7. The third-order valence-corrected chi connectivity index (χ3v) is 5.63. The van der Waals surface area contributed by atoms with Crippen LogP contribution in [-0.2, 0) is 16.0 Å². The maximum Gasteiger partial charge on any atom is 0.248 e. The van der Waals surface area contributed by atoms with Crippen molar-refractivity contribution in [2.24, 2.45) is 11.3 Å². The summed E-state index contributed by atoms with van der Waals surface area (Å²) in [6.45, 7) is 1.97. The SMILES string of the molecule is C[C@@H]1C[C@@](C#N)(C2CC2)C(=O)N1c1ccnc(NC(=O)Cc2ccccc2)c1. The molecule has 0 unspecified atom stereocenters. The number of amides is 2. The predicted octanol–water partition coefficient (Wildman–Crippen LogP) is 3.31. The van der Waals surface area contributed by atoms with E-state index in [2.05, 4.69) is 16.4 Å². The van der Waals surface area contributed by atoms with Gasteiger partial charge in [0.05, 0.1) is 12.5 Å². The summed E-state index contributed by atoms with van der Waals surface area (Å²) in [5, 5.41) is 12.5. The van der Waals surface area contributed by atoms with Crippen LogP contribution in [0.3, 0.4) is 0 Å². The first-order valence-electron chi connectivity index (χ1n) is 9.58. The van der Waals surface area contributed by atoms with Gasteiger partial charge in [-0.25, -0.2) is 4.98 Å². The summed E-state index contributed by atoms with van der Waals surface area (Å²) in [5.41, 5.74) is 0.683. The highest BCUT2D eigenvalue weighted by atomic mass is 16.2. The number of carbonyl (C=O) groups excluding carboxylic acids is 2. The van der Waals surface area contributed by atoms with Gasteiger partial charge in [-0.05, 0) is 43.7 Å². The number of pyridine rings is 1. The van der Waals surface area contributed by atoms with Gasteiger partial charge in [0.2, 0.25) is 11.8 Å². The average Bonchev–Trinajstić information content (AvgIpc) is 3.49. The number of nitrogens with zero attached hydrogens (tertiary/aromatic N) is 3. The van der Waals surface area contributed by atoms with Crippen LogP contribution in [0.25, 0.3) is 0 Å². The molecule has 1 saturated carbocycles. The number of benzene rings is 1. The fraction of sp³-hybridized carbons (Fsp3) is 0.364. The smallest absolute Gasteiger partial charge is 0.248 e. The molecule has 2 atom stereocenters. The normalized spacial score (nSPS) is 24.1. The molecule has 142 valence electrons. The Kier molecular flexibility index (Phi) is 4.60. The number of hydrogen-bond donors (Lipinski definition) is 1. The van der Waals surface area contributed by atoms with Gasteiger partial charge in [0.1, 0.15) is 11.2 Å². The van der Waals surface area contributed by atoms with Crippen LogP contribution in [0.4, 0.5) is 11.5 Å². The van der Waals surface area contributed by atoms with E-state index < -0.39 is 5.41 Å². The monoisotopic (exact) mass is 374 g/mol. The zero-order valence-corrected chi connectivity index (χ0v) is 15.8. The molecule has 2 amide bonds. The quantitative estimate of drug-likeness (QED) is 0.870. The molecule has 2 aliphatic rings. The Bertz CT molecular complexity index is 949. The van der Waals surface area contributed by atoms with E-state index >= 15 is 0 Å². The number of nitriles is 1. The molecule has 1 aliphatic heterocycles. The fourth-order valence-electron chi connectivity index (χ4n) is 4.14. The zero-order valence-electron chi connectivity index (χ0n) is 15.8. The van der Waals surface area contributed by atoms with Gasteiger partial charge in [-0.2, -0.15) is 5.26 Å². The Hall–Kier alpha value is -3.20. The molecule has 6 heteroatoms. The van der Waals surface area contributed by atoms with Crippen molar-refractivity contribution in [2.45, 2.75) is 38.6 Å². The van der Waals surface area contributed by atoms with E-state index in [-0.39, 0.29) is 30.2 Å². The van der Waals surface area contributed by atoms with E-state index in [9.17, 15) is 14.9 Å². The van der Waals surface area contributed by atoms with Crippen molar-refractivity contribution < 1.29 is 9.59 Å². The molecule has 2 fully saturated rings. The summed E-state index contributed by atoms with van der Waals surface area (Å²) in [7, 11) is 0. The van der Waals surface area contributed by atoms with Crippen molar-refractivity contribution >= 4 is 23.3 Å². The highest BCUT2D eigenvalue weighted by Gasteiger charge is 2.59. The van der Waals surface area contributed by atoms with Gasteiger partial charge in [0.25, 0.3) is 0 Å². The van der Waals surface area contributed by atoms with Crippen LogP contribution in [0.5, 0.6) is 0 Å². The molecule has 1 aromatic carbocycles. The number of rotatable bonds is 5. The molecule has 4 rings (SSSR count). The second-order valence-electron chi connectivity index (χ2n) is 7.70. The van der Waals surface area contributed by atoms with Crippen LogP contribution in [0.1, 0.15) is 31.7 Å². The lowest BCUT2D eigenvalue weighted by atomic mass is 9.81. The topological polar surface area (TPSA) is 86.1 Å². The Morgan fingerprint density at radius 3 is 2.75 bits per heavy atom. The first-order valence-corrected chi connectivity index (χ1v) is 9.58. The van der Waals surface area contributed by atoms with Crippen molar-refractivity contribution in [3.05, 3.63) is 54.2 Å². The summed E-state index contributed by atoms with van der Waals surface area (Å²) in [5.74, 6) is 0.280. The van der Waals surface area contributed by atoms with Crippen molar-refractivity contribution in [3.63, 3.8) is 0 Å². The van der Waals surface area contributed by atoms with Crippen molar-refractivity contribution in [2.75, 3.05) is 10.2 Å². The maximum absolute atomic E-state index is 13.1. The van der Waals surface area contributed by atoms with Gasteiger partial charge in [-0.15, -0.1) is 0 Å². The van der Waals surface area contributed by atoms with E-state index in [0.717, 1.165) is 18.4 Å². The van der Waals surface area contributed by atoms with Gasteiger partial charge < -0.3 is 10.2 Å². The Morgan fingerprint density at radius 1 is 1.32 bits per heavy atom. The summed E-state index contributed by atoms with van der Waals surface area (Å²) in [6, 6.07) is 15.2. The van der Waals surface area contributed by atoms with Gasteiger partial charge in [0.15, 0.2) is 0 Å². The first-order chi connectivity index (χ1) is 13.5. The highest BCUT2D eigenvalue weighted by Crippen LogP contribution is 2.53. The molecule has 0 bridgehead atoms. The summed E-state index contributed by atoms with van der Waals surface area (Å²) in [6.07, 6.45) is 4.26. The number of anilines is 2. The van der Waals surface area contributed by atoms with Crippen LogP contribution in [0.2, 0.25) is 0 Å². The second-order valence-corrected chi connectivity index (χ2v) is 7.70. The molecular weight excluding hydrogens is 352 g/mol. The van der Waals surface area contributed by atoms with Crippen LogP contribution in [0, 0.1) is 22.7 Å². The molecule has 2 aromatic rings. The number of hydrogen-bond acceptors (Lipinski definition) is 4. The van der Waals surface area contributed by atoms with E-state index in [1.165, 1.54) is 0 Å². The molecule has 2 heterocycles. The Morgan fingerprint density at radius 2 is 2.07 bits per heavy atom. The molecule has 1 aliphatic carbocycles. The molecule has 28 heavy (non-hydrogen) atoms. The minimum absolute atomic E-state index is 0.0666. The fourth-order valence-corrected chi connectivity index (χ4v) is 4.14. The van der Waals surface area contributed by atoms with Crippen molar-refractivity contribution in [1.82, 2.24) is 4.98 Å². The van der Waals surface area contributed by atoms with Crippen molar-refractivity contribution in [1.29, 1.82) is 5.26 Å². The maximum atomic E-state index is 13.1. The van der Waals surface area contributed by atoms with Crippen LogP contribution in [0.15, 0.2) is 48.7 Å². The molecule has 1 N–H and O–H groups in total. The molecule has 6 nitrogen and oxygen atoms in total. The molecule has 1 saturated heterocycles. The highest BCUT2D eigenvalue weighted by molar-refractivity contribution is 6.03. The molecular formula is C22H22N4O2. The third-order valence-electron chi connectivity index (χ3n) is 5.63. The van der Waals surface area contributed by atoms with Crippen LogP contribution < -0.4 is 10.2 Å². The van der Waals surface area contributed by atoms with Crippen molar-refractivity contribution in [3.8, 4) is 6.07 Å². The Balaban J connectivity index is 1.52. The summed E-state index contributed by atoms with van der Waals surface area (Å²) in [4.78, 5) is 31.3. The molecule has 0 radical (unpaired) electrons. The number of nitrogens with one attached hydrogen (secondary N) is 1. The summed E-state index contributed by atoms with van der Waals surface area (Å²) < 4.78 is 0. The van der Waals surface area contributed by atoms with E-state index in [1.54, 1.807) is 23.2 Å². The first kappa shape index (κ1) is 18.2. The minimum atomic E-state index is -0.903. The van der Waals surface area contributed by atoms with Gasteiger partial charge in [0, 0.05) is 24.0 Å². The Labute approximate surface area is 164 Å². The van der Waals surface area contributed by atoms with Gasteiger partial charge >= 0.3 is 0 Å². The van der Waals surface area contributed by atoms with Crippen LogP contribution in [-0.4, -0.2) is 22.8 Å². The predicted molar refractivity (Wildman–Crippen MR) is 105 cm³/mol. The largest absolute Gasteiger partial charge is 0.310 e. The standard InChI is InChI=1S/C22H22N4O2/c1-15-13-22(14-23,17-7-8-17)21(28)26(15)18-9-10-24-19(12-18)25-20(27)11-16-5-3-2-4-6-16/h2-6,9-10,12,15,17H,7-8,11,13H2,1H3,(H,24,25,27)/t15-,22-/m1/s1. The van der Waals surface area contributed by atoms with E-state index in [0.29, 0.717) is 17.9 Å². The molecule has 1 aromatic heterocycles. The summed E-state index contributed by atoms with van der Waals surface area (Å²) >= 11 is 0. The lowest BCUT2D eigenvalue weighted by Crippen LogP contribution is -2.37. The lowest BCUT2D eigenvalue weighted by Gasteiger charge is -2.23. The minimum Gasteiger partial charge on any atom is -0.310 e. The van der Waals surface area contributed by atoms with E-state index in [4.69, 9.17) is 0 Å². The lowest BCUT2D eigenvalue weighted by molar-refractivity contribution is -0.123. The second kappa shape index (κ2) is 7.08. The number of carbonyl (C=O) groups is 2. The third kappa shape index (κ3) is 3.24. The van der Waals surface area contributed by atoms with E-state index in [1.807, 2.05) is 37.3 Å².